The average molecular weight is 374 g/mol. The number of carbonyl (C=O) groups is 2. The number of guanidine groups is 1. The zero-order valence-corrected chi connectivity index (χ0v) is 17.0. The molecule has 1 aromatic rings. The van der Waals surface area contributed by atoms with Gasteiger partial charge in [-0.25, -0.2) is 4.79 Å². The van der Waals surface area contributed by atoms with Crippen molar-refractivity contribution < 1.29 is 14.3 Å². The Balaban J connectivity index is 2.09. The summed E-state index contributed by atoms with van der Waals surface area (Å²) in [5.41, 5.74) is 0.0678. The van der Waals surface area contributed by atoms with Crippen LogP contribution in [0, 0.1) is 11.3 Å². The molecule has 27 heavy (non-hydrogen) atoms. The van der Waals surface area contributed by atoms with Gasteiger partial charge in [-0.2, -0.15) is 0 Å². The van der Waals surface area contributed by atoms with Gasteiger partial charge in [0, 0.05) is 5.69 Å². The van der Waals surface area contributed by atoms with Crippen molar-refractivity contribution in [1.82, 2.24) is 10.2 Å². The molecule has 0 aliphatic carbocycles. The van der Waals surface area contributed by atoms with Gasteiger partial charge in [0.05, 0.1) is 6.54 Å². The maximum absolute atomic E-state index is 12.8. The normalized spacial score (nSPS) is 20.0. The Labute approximate surface area is 161 Å². The van der Waals surface area contributed by atoms with Crippen LogP contribution in [-0.4, -0.2) is 34.0 Å². The number of ether oxygens (including phenoxy) is 1. The van der Waals surface area contributed by atoms with E-state index in [4.69, 9.17) is 10.1 Å². The number of hydrogen-bond donors (Lipinski definition) is 3. The summed E-state index contributed by atoms with van der Waals surface area (Å²) >= 11 is 0. The molecule has 0 spiro atoms. The monoisotopic (exact) mass is 374 g/mol. The summed E-state index contributed by atoms with van der Waals surface area (Å²) in [7, 11) is 0. The van der Waals surface area contributed by atoms with Crippen molar-refractivity contribution in [3.8, 4) is 0 Å². The van der Waals surface area contributed by atoms with Crippen LogP contribution in [0.4, 0.5) is 10.5 Å². The minimum absolute atomic E-state index is 0.105. The van der Waals surface area contributed by atoms with Gasteiger partial charge in [-0.15, -0.1) is 0 Å². The Morgan fingerprint density at radius 1 is 1.37 bits per heavy atom. The second-order valence-corrected chi connectivity index (χ2v) is 8.62. The standard InChI is InChI=1S/C20H30N4O3/c1-13(2)11-20(6)16(25)24(17(21)23-20)12-14-8-7-9-15(10-14)22-18(26)27-19(3,4)5/h7-10,13H,11-12H2,1-6H3,(H2,21,23)(H,22,26). The molecule has 1 unspecified atom stereocenters. The molecular weight excluding hydrogens is 344 g/mol. The summed E-state index contributed by atoms with van der Waals surface area (Å²) in [5.74, 6) is 0.334. The lowest BCUT2D eigenvalue weighted by molar-refractivity contribution is -0.131. The van der Waals surface area contributed by atoms with Crippen molar-refractivity contribution in [2.75, 3.05) is 5.32 Å². The Hall–Kier alpha value is -2.57. The Morgan fingerprint density at radius 2 is 2.04 bits per heavy atom. The van der Waals surface area contributed by atoms with Crippen molar-refractivity contribution in [1.29, 1.82) is 5.41 Å². The molecule has 2 amide bonds. The van der Waals surface area contributed by atoms with E-state index in [1.807, 2.05) is 13.0 Å². The number of anilines is 1. The van der Waals surface area contributed by atoms with Crippen LogP contribution in [-0.2, 0) is 16.1 Å². The van der Waals surface area contributed by atoms with Crippen LogP contribution >= 0.6 is 0 Å². The largest absolute Gasteiger partial charge is 0.444 e. The topological polar surface area (TPSA) is 94.5 Å². The van der Waals surface area contributed by atoms with E-state index in [1.165, 1.54) is 4.90 Å². The second-order valence-electron chi connectivity index (χ2n) is 8.62. The summed E-state index contributed by atoms with van der Waals surface area (Å²) < 4.78 is 5.25. The Morgan fingerprint density at radius 3 is 2.63 bits per heavy atom. The lowest BCUT2D eigenvalue weighted by Gasteiger charge is -2.24. The maximum atomic E-state index is 12.8. The highest BCUT2D eigenvalue weighted by molar-refractivity contribution is 6.07. The third-order valence-electron chi connectivity index (χ3n) is 4.11. The lowest BCUT2D eigenvalue weighted by Crippen LogP contribution is -2.44. The van der Waals surface area contributed by atoms with Crippen molar-refractivity contribution in [3.63, 3.8) is 0 Å². The summed E-state index contributed by atoms with van der Waals surface area (Å²) in [6.07, 6.45) is 0.126. The molecule has 0 aromatic heterocycles. The van der Waals surface area contributed by atoms with Gasteiger partial charge in [0.25, 0.3) is 5.91 Å². The lowest BCUT2D eigenvalue weighted by atomic mass is 9.91. The van der Waals surface area contributed by atoms with E-state index >= 15 is 0 Å². The van der Waals surface area contributed by atoms with Crippen LogP contribution in [0.5, 0.6) is 0 Å². The molecule has 1 fully saturated rings. The van der Waals surface area contributed by atoms with E-state index in [0.717, 1.165) is 5.56 Å². The van der Waals surface area contributed by atoms with Gasteiger partial charge in [-0.3, -0.25) is 20.4 Å². The van der Waals surface area contributed by atoms with E-state index in [0.29, 0.717) is 18.0 Å². The van der Waals surface area contributed by atoms with Crippen molar-refractivity contribution >= 4 is 23.6 Å². The van der Waals surface area contributed by atoms with Gasteiger partial charge in [0.2, 0.25) is 0 Å². The van der Waals surface area contributed by atoms with Crippen molar-refractivity contribution in [3.05, 3.63) is 29.8 Å². The van der Waals surface area contributed by atoms with Crippen LogP contribution in [0.1, 0.15) is 53.5 Å². The van der Waals surface area contributed by atoms with E-state index in [-0.39, 0.29) is 18.4 Å². The molecule has 1 aliphatic heterocycles. The summed E-state index contributed by atoms with van der Waals surface area (Å²) in [4.78, 5) is 26.2. The molecule has 1 aromatic carbocycles. The van der Waals surface area contributed by atoms with Gasteiger partial charge in [-0.1, -0.05) is 26.0 Å². The predicted octanol–water partition coefficient (Wildman–Crippen LogP) is 3.70. The summed E-state index contributed by atoms with van der Waals surface area (Å²) in [6.45, 7) is 11.6. The molecular formula is C20H30N4O3. The predicted molar refractivity (Wildman–Crippen MR) is 106 cm³/mol. The molecule has 148 valence electrons. The highest BCUT2D eigenvalue weighted by atomic mass is 16.6. The Kier molecular flexibility index (Phi) is 5.82. The number of nitrogens with one attached hydrogen (secondary N) is 3. The quantitative estimate of drug-likeness (QED) is 0.732. The SMILES string of the molecule is CC(C)CC1(C)NC(=N)N(Cc2cccc(NC(=O)OC(C)(C)C)c2)C1=O. The molecule has 1 saturated heterocycles. The third-order valence-corrected chi connectivity index (χ3v) is 4.11. The van der Waals surface area contributed by atoms with Gasteiger partial charge >= 0.3 is 6.09 Å². The summed E-state index contributed by atoms with van der Waals surface area (Å²) in [5, 5.41) is 13.9. The molecule has 0 bridgehead atoms. The molecule has 1 heterocycles. The first kappa shape index (κ1) is 20.7. The first-order valence-corrected chi connectivity index (χ1v) is 9.17. The number of carbonyl (C=O) groups excluding carboxylic acids is 2. The first-order chi connectivity index (χ1) is 12.4. The minimum atomic E-state index is -0.752. The highest BCUT2D eigenvalue weighted by Gasteiger charge is 2.45. The van der Waals surface area contributed by atoms with Crippen molar-refractivity contribution in [2.24, 2.45) is 5.92 Å². The number of nitrogens with zero attached hydrogens (tertiary/aromatic N) is 1. The molecule has 7 heteroatoms. The minimum Gasteiger partial charge on any atom is -0.444 e. The number of hydrogen-bond acceptors (Lipinski definition) is 4. The fourth-order valence-electron chi connectivity index (χ4n) is 3.24. The molecule has 2 rings (SSSR count). The van der Waals surface area contributed by atoms with E-state index in [9.17, 15) is 9.59 Å². The van der Waals surface area contributed by atoms with Crippen LogP contribution in [0.15, 0.2) is 24.3 Å². The molecule has 0 saturated carbocycles. The number of rotatable bonds is 5. The highest BCUT2D eigenvalue weighted by Crippen LogP contribution is 2.26. The van der Waals surface area contributed by atoms with Crippen LogP contribution in [0.2, 0.25) is 0 Å². The van der Waals surface area contributed by atoms with E-state index in [2.05, 4.69) is 24.5 Å². The maximum Gasteiger partial charge on any atom is 0.412 e. The smallest absolute Gasteiger partial charge is 0.412 e. The van der Waals surface area contributed by atoms with Gasteiger partial charge in [0.1, 0.15) is 11.1 Å². The fraction of sp³-hybridized carbons (Fsp3) is 0.550. The molecule has 7 nitrogen and oxygen atoms in total. The summed E-state index contributed by atoms with van der Waals surface area (Å²) in [6, 6.07) is 7.19. The van der Waals surface area contributed by atoms with Crippen LogP contribution in [0.3, 0.4) is 0 Å². The van der Waals surface area contributed by atoms with Crippen molar-refractivity contribution in [2.45, 2.75) is 65.6 Å². The first-order valence-electron chi connectivity index (χ1n) is 9.17. The van der Waals surface area contributed by atoms with Gasteiger partial charge < -0.3 is 10.1 Å². The van der Waals surface area contributed by atoms with E-state index < -0.39 is 17.2 Å². The third kappa shape index (κ3) is 5.45. The van der Waals surface area contributed by atoms with E-state index in [1.54, 1.807) is 39.0 Å². The molecule has 1 aliphatic rings. The zero-order chi connectivity index (χ0) is 20.4. The molecule has 3 N–H and O–H groups in total. The average Bonchev–Trinajstić information content (AvgIpc) is 2.68. The number of amides is 2. The Bertz CT molecular complexity index is 739. The van der Waals surface area contributed by atoms with Crippen LogP contribution in [0.25, 0.3) is 0 Å². The zero-order valence-electron chi connectivity index (χ0n) is 17.0. The van der Waals surface area contributed by atoms with Gasteiger partial charge in [-0.05, 0) is 57.7 Å². The van der Waals surface area contributed by atoms with Gasteiger partial charge in [0.15, 0.2) is 5.96 Å². The second kappa shape index (κ2) is 7.58. The van der Waals surface area contributed by atoms with Crippen LogP contribution < -0.4 is 10.6 Å². The fourth-order valence-corrected chi connectivity index (χ4v) is 3.24. The number of benzene rings is 1. The molecule has 0 radical (unpaired) electrons. The molecule has 1 atom stereocenters.